The summed E-state index contributed by atoms with van der Waals surface area (Å²) in [4.78, 5) is -0.180. The minimum absolute atomic E-state index is 0.0438. The van der Waals surface area contributed by atoms with Crippen LogP contribution in [0.15, 0.2) is 41.3 Å². The van der Waals surface area contributed by atoms with Gasteiger partial charge in [-0.15, -0.1) is 0 Å². The molecule has 3 rings (SSSR count). The highest BCUT2D eigenvalue weighted by atomic mass is 32.2. The third-order valence-corrected chi connectivity index (χ3v) is 3.87. The number of anilines is 1. The Hall–Kier alpha value is -2.45. The van der Waals surface area contributed by atoms with Gasteiger partial charge in [-0.3, -0.25) is 0 Å². The summed E-state index contributed by atoms with van der Waals surface area (Å²) in [7, 11) is -3.91. The predicted octanol–water partition coefficient (Wildman–Crippen LogP) is 1.44. The summed E-state index contributed by atoms with van der Waals surface area (Å²) in [6.45, 7) is 0.155. The number of hydrogen-bond acceptors (Lipinski definition) is 6. The highest BCUT2D eigenvalue weighted by Gasteiger charge is 2.18. The number of rotatable bonds is 3. The first-order valence-electron chi connectivity index (χ1n) is 5.94. The van der Waals surface area contributed by atoms with E-state index < -0.39 is 10.0 Å². The van der Waals surface area contributed by atoms with Crippen LogP contribution >= 0.6 is 0 Å². The van der Waals surface area contributed by atoms with Crippen molar-refractivity contribution in [2.24, 2.45) is 5.14 Å². The molecule has 0 saturated heterocycles. The summed E-state index contributed by atoms with van der Waals surface area (Å²) >= 11 is 0. The van der Waals surface area contributed by atoms with Gasteiger partial charge < -0.3 is 19.9 Å². The van der Waals surface area contributed by atoms with Crippen molar-refractivity contribution in [3.8, 4) is 23.0 Å². The Morgan fingerprint density at radius 1 is 1.10 bits per heavy atom. The van der Waals surface area contributed by atoms with E-state index in [-0.39, 0.29) is 23.1 Å². The molecule has 4 N–H and O–H groups in total. The Kier molecular flexibility index (Phi) is 3.11. The minimum Gasteiger partial charge on any atom is -0.455 e. The average Bonchev–Trinajstić information content (AvgIpc) is 2.87. The van der Waals surface area contributed by atoms with Crippen LogP contribution in [0.2, 0.25) is 0 Å². The van der Waals surface area contributed by atoms with E-state index in [0.29, 0.717) is 17.2 Å². The van der Waals surface area contributed by atoms with Crippen molar-refractivity contribution in [3.05, 3.63) is 36.4 Å². The fourth-order valence-corrected chi connectivity index (χ4v) is 2.60. The van der Waals surface area contributed by atoms with Gasteiger partial charge in [-0.25, -0.2) is 13.6 Å². The second kappa shape index (κ2) is 4.83. The Morgan fingerprint density at radius 3 is 2.62 bits per heavy atom. The lowest BCUT2D eigenvalue weighted by Gasteiger charge is -2.11. The normalized spacial score (nSPS) is 13.2. The maximum atomic E-state index is 11.4. The fourth-order valence-electron chi connectivity index (χ4n) is 1.93. The monoisotopic (exact) mass is 308 g/mol. The van der Waals surface area contributed by atoms with Crippen molar-refractivity contribution in [2.75, 3.05) is 12.5 Å². The lowest BCUT2D eigenvalue weighted by Crippen LogP contribution is -2.14. The first-order valence-corrected chi connectivity index (χ1v) is 7.48. The number of nitrogens with two attached hydrogens (primary N) is 2. The quantitative estimate of drug-likeness (QED) is 0.829. The zero-order valence-corrected chi connectivity index (χ0v) is 11.6. The minimum atomic E-state index is -3.91. The van der Waals surface area contributed by atoms with Crippen LogP contribution in [0, 0.1) is 0 Å². The average molecular weight is 308 g/mol. The van der Waals surface area contributed by atoms with E-state index in [1.807, 2.05) is 0 Å². The third-order valence-electron chi connectivity index (χ3n) is 2.90. The van der Waals surface area contributed by atoms with E-state index in [4.69, 9.17) is 25.1 Å². The molecule has 0 bridgehead atoms. The lowest BCUT2D eigenvalue weighted by atomic mass is 10.3. The maximum Gasteiger partial charge on any atom is 0.240 e. The van der Waals surface area contributed by atoms with Crippen molar-refractivity contribution in [2.45, 2.75) is 4.90 Å². The number of nitrogen functional groups attached to an aromatic ring is 1. The molecule has 0 atom stereocenters. The second-order valence-electron chi connectivity index (χ2n) is 4.33. The molecule has 0 spiro atoms. The molecule has 0 aliphatic carbocycles. The van der Waals surface area contributed by atoms with Gasteiger partial charge in [0.15, 0.2) is 17.2 Å². The molecule has 2 aromatic carbocycles. The molecule has 1 aliphatic rings. The number of para-hydroxylation sites is 1. The molecule has 21 heavy (non-hydrogen) atoms. The largest absolute Gasteiger partial charge is 0.455 e. The van der Waals surface area contributed by atoms with E-state index in [2.05, 4.69) is 0 Å². The number of benzene rings is 2. The molecule has 0 unspecified atom stereocenters. The Balaban J connectivity index is 1.95. The van der Waals surface area contributed by atoms with E-state index in [1.54, 1.807) is 24.3 Å². The molecule has 7 nitrogen and oxygen atoms in total. The zero-order valence-electron chi connectivity index (χ0n) is 10.8. The highest BCUT2D eigenvalue weighted by molar-refractivity contribution is 7.89. The van der Waals surface area contributed by atoms with Gasteiger partial charge in [0.05, 0.1) is 5.69 Å². The predicted molar refractivity (Wildman–Crippen MR) is 74.9 cm³/mol. The molecule has 110 valence electrons. The van der Waals surface area contributed by atoms with Crippen molar-refractivity contribution in [1.82, 2.24) is 0 Å². The van der Waals surface area contributed by atoms with Gasteiger partial charge in [-0.2, -0.15) is 0 Å². The molecule has 8 heteroatoms. The molecule has 0 amide bonds. The van der Waals surface area contributed by atoms with Crippen LogP contribution in [0.4, 0.5) is 5.69 Å². The standard InChI is InChI=1S/C13H12N2O5S/c14-13-10(2-1-3-12(13)21(15,16)17)20-8-4-5-9-11(6-8)19-7-18-9/h1-6H,7,14H2,(H2,15,16,17). The molecule has 0 fully saturated rings. The number of sulfonamides is 1. The van der Waals surface area contributed by atoms with E-state index >= 15 is 0 Å². The smallest absolute Gasteiger partial charge is 0.240 e. The van der Waals surface area contributed by atoms with Crippen molar-refractivity contribution in [1.29, 1.82) is 0 Å². The van der Waals surface area contributed by atoms with Crippen molar-refractivity contribution in [3.63, 3.8) is 0 Å². The molecule has 1 aliphatic heterocycles. The summed E-state index contributed by atoms with van der Waals surface area (Å²) in [5.74, 6) is 1.81. The third kappa shape index (κ3) is 2.58. The van der Waals surface area contributed by atoms with Gasteiger partial charge in [0.1, 0.15) is 10.6 Å². The van der Waals surface area contributed by atoms with Crippen LogP contribution < -0.4 is 25.1 Å². The lowest BCUT2D eigenvalue weighted by molar-refractivity contribution is 0.174. The Morgan fingerprint density at radius 2 is 1.86 bits per heavy atom. The summed E-state index contributed by atoms with van der Waals surface area (Å²) in [5.41, 5.74) is 5.75. The topological polar surface area (TPSA) is 114 Å². The van der Waals surface area contributed by atoms with Crippen LogP contribution in [0.3, 0.4) is 0 Å². The van der Waals surface area contributed by atoms with Gasteiger partial charge in [0, 0.05) is 6.07 Å². The second-order valence-corrected chi connectivity index (χ2v) is 5.86. The molecule has 0 aromatic heterocycles. The fraction of sp³-hybridized carbons (Fsp3) is 0.0769. The van der Waals surface area contributed by atoms with Crippen LogP contribution in [0.5, 0.6) is 23.0 Å². The summed E-state index contributed by atoms with van der Waals surface area (Å²) in [5, 5.41) is 5.09. The molecule has 2 aromatic rings. The Labute approximate surface area is 121 Å². The highest BCUT2D eigenvalue weighted by Crippen LogP contribution is 2.38. The van der Waals surface area contributed by atoms with Gasteiger partial charge in [0.2, 0.25) is 16.8 Å². The van der Waals surface area contributed by atoms with E-state index in [1.165, 1.54) is 12.1 Å². The van der Waals surface area contributed by atoms with Crippen molar-refractivity contribution >= 4 is 15.7 Å². The van der Waals surface area contributed by atoms with Gasteiger partial charge in [-0.05, 0) is 24.3 Å². The van der Waals surface area contributed by atoms with E-state index in [0.717, 1.165) is 0 Å². The first-order chi connectivity index (χ1) is 9.95. The zero-order chi connectivity index (χ0) is 15.0. The number of hydrogen-bond donors (Lipinski definition) is 2. The maximum absolute atomic E-state index is 11.4. The molecule has 0 saturated carbocycles. The van der Waals surface area contributed by atoms with Crippen LogP contribution in [0.1, 0.15) is 0 Å². The van der Waals surface area contributed by atoms with Gasteiger partial charge in [0.25, 0.3) is 0 Å². The van der Waals surface area contributed by atoms with Crippen LogP contribution in [-0.2, 0) is 10.0 Å². The molecular weight excluding hydrogens is 296 g/mol. The van der Waals surface area contributed by atoms with E-state index in [9.17, 15) is 8.42 Å². The summed E-state index contributed by atoms with van der Waals surface area (Å²) in [6.07, 6.45) is 0. The summed E-state index contributed by atoms with van der Waals surface area (Å²) < 4.78 is 38.9. The molecular formula is C13H12N2O5S. The van der Waals surface area contributed by atoms with Gasteiger partial charge in [-0.1, -0.05) is 6.07 Å². The van der Waals surface area contributed by atoms with Gasteiger partial charge >= 0.3 is 0 Å². The number of fused-ring (bicyclic) bond motifs is 1. The Bertz CT molecular complexity index is 804. The van der Waals surface area contributed by atoms with Crippen LogP contribution in [-0.4, -0.2) is 15.2 Å². The molecule has 1 heterocycles. The summed E-state index contributed by atoms with van der Waals surface area (Å²) in [6, 6.07) is 9.35. The number of ether oxygens (including phenoxy) is 3. The number of primary sulfonamides is 1. The molecule has 0 radical (unpaired) electrons. The SMILES string of the molecule is Nc1c(Oc2ccc3c(c2)OCO3)cccc1S(N)(=O)=O. The van der Waals surface area contributed by atoms with Crippen molar-refractivity contribution < 1.29 is 22.6 Å². The first kappa shape index (κ1) is 13.5. The van der Waals surface area contributed by atoms with Crippen LogP contribution in [0.25, 0.3) is 0 Å².